The van der Waals surface area contributed by atoms with Gasteiger partial charge in [-0.15, -0.1) is 0 Å². The first-order valence-corrected chi connectivity index (χ1v) is 51.7. The SMILES string of the molecule is CO[C@H]1C(COS(=O)(=O)O)O[C@H](O[C@@H]2C(C(=O)O)O[C@@H](OCC(O)[C@@H](O)[C@@H](O)C(O)CNc3cccc(NC(=O)CCN(CCNC(=O)CCNC(=O)CCCCC4SC[C@H]5NC(=O)N[C@@H]45)CCC(=O)Nc4cccc(NCC(O)[C@H](O)[C@H](O)C(O)CO[C@@H]5OC(C(=O)O)[C@H](O[C@@H]6OC(COS(=O)(=O)O)[C@H](OC)[C@@H](O)C6NS(=O)(=O)O)[C@@H](O)C5OS(=O)(=O)O)c4)c3)C(OS(=O)(=O)O)[C@@H]2O)C(NS(=O)(=O)O)[C@@H]1O. The summed E-state index contributed by atoms with van der Waals surface area (Å²) < 4.78 is 272. The van der Waals surface area contributed by atoms with E-state index < -0.39 is 303 Å². The van der Waals surface area contributed by atoms with Gasteiger partial charge in [0.1, 0.15) is 110 Å². The summed E-state index contributed by atoms with van der Waals surface area (Å²) in [4.78, 5) is 91.9. The monoisotopic (exact) mass is 2190 g/mol. The molecule has 64 nitrogen and oxygen atoms in total. The van der Waals surface area contributed by atoms with Crippen molar-refractivity contribution < 1.29 is 247 Å². The molecule has 6 heterocycles. The number of rotatable bonds is 59. The fourth-order valence-corrected chi connectivity index (χ4v) is 19.6. The number of hydrogen-bond donors (Lipinski definition) is 30. The molecule has 0 radical (unpaired) electrons. The molecule has 6 aliphatic rings. The maximum Gasteiger partial charge on any atom is 0.397 e. The number of benzene rings is 2. The Balaban J connectivity index is 0.843. The largest absolute Gasteiger partial charge is 0.479 e. The van der Waals surface area contributed by atoms with Gasteiger partial charge < -0.3 is 166 Å². The standard InChI is InChI=1S/C71H113N11O53S7/c1-122-57-39(27-126-139(110,111)112)128-67(47(53(57)95)80-137(104,105)106)130-59-55(97)61(134-141(116,117)118)69(132-63(59)65(99)100)124-25-37(85)51(93)49(91)35(83)23-74-30-7-5-9-32(21-30)76-44(89)14-18-82(20-17-73-43(88)13-16-72-42(87)12-4-3-11-41-46-34(29-136-41)78-71(103)79-46)19-15-45(90)77-33-10-6-8-31(22-33)75-24-36(84)50(92)52(94)38(86)26-125-70-62(135-142(119,120)121)56(98)60(64(133-70)66(101)102)131-68-48(81-138(107,108)109)54(96)58(123-2)40(129-68)28-127-140(113,114)115/h5-10,21-22,34-41,46-64,67-70,74-75,80-81,83-86,91-98H,3-4,11-20,23-29H2,1-2H3,(H,72,87)(H,73,88)(H,76,89)(H,77,90)(H,99,100)(H,101,102)(H2,78,79,103)(H,104,105,106)(H,107,108,109)(H,110,111,112)(H,113,114,115)(H,116,117,118)(H,119,120,121)/t34-,35?,36?,37?,38?,39?,40?,41?,46-,47?,48?,49+,50+,51-,52-,53+,54+,55-,56-,57+,58+,59-,60+,61?,62?,63?,64?,67+,68-,69-,70-/m1/s1. The fraction of sp³-hybridized carbons (Fsp3) is 0.732. The lowest BCUT2D eigenvalue weighted by atomic mass is 9.95. The van der Waals surface area contributed by atoms with E-state index in [2.05, 4.69) is 59.3 Å². The Kier molecular flexibility index (Phi) is 45.3. The molecule has 71 heteroatoms. The molecule has 0 bridgehead atoms. The van der Waals surface area contributed by atoms with E-state index in [1.54, 1.807) is 16.7 Å². The van der Waals surface area contributed by atoms with Crippen molar-refractivity contribution in [3.05, 3.63) is 48.5 Å². The highest BCUT2D eigenvalue weighted by molar-refractivity contribution is 8.00. The molecule has 0 aromatic heterocycles. The van der Waals surface area contributed by atoms with Gasteiger partial charge in [-0.25, -0.2) is 31.1 Å². The van der Waals surface area contributed by atoms with Crippen molar-refractivity contribution in [2.45, 2.75) is 234 Å². The molecule has 0 saturated carbocycles. The van der Waals surface area contributed by atoms with Gasteiger partial charge in [-0.2, -0.15) is 71.7 Å². The van der Waals surface area contributed by atoms with Crippen LogP contribution in [0.2, 0.25) is 0 Å². The smallest absolute Gasteiger partial charge is 0.397 e. The van der Waals surface area contributed by atoms with Gasteiger partial charge in [0.05, 0.1) is 50.7 Å². The lowest BCUT2D eigenvalue weighted by Crippen LogP contribution is -2.68. The molecule has 6 fully saturated rings. The molecule has 8 rings (SSSR count). The number of hydrogen-bond acceptors (Lipinski definition) is 49. The molecule has 142 heavy (non-hydrogen) atoms. The van der Waals surface area contributed by atoms with Crippen molar-refractivity contribution >= 4 is 138 Å². The Hall–Kier alpha value is -7.22. The van der Waals surface area contributed by atoms with E-state index in [1.807, 2.05) is 0 Å². The maximum absolute atomic E-state index is 13.7. The van der Waals surface area contributed by atoms with E-state index in [1.165, 1.54) is 58.0 Å². The zero-order valence-electron chi connectivity index (χ0n) is 74.2. The van der Waals surface area contributed by atoms with Gasteiger partial charge in [0, 0.05) is 119 Å². The number of ether oxygens (including phenoxy) is 10. The summed E-state index contributed by atoms with van der Waals surface area (Å²) >= 11 is 1.74. The van der Waals surface area contributed by atoms with Crippen LogP contribution in [0.5, 0.6) is 0 Å². The number of nitrogens with zero attached hydrogens (tertiary/aromatic N) is 1. The van der Waals surface area contributed by atoms with Crippen LogP contribution in [-0.2, 0) is 155 Å². The van der Waals surface area contributed by atoms with Crippen molar-refractivity contribution in [2.75, 3.05) is 113 Å². The summed E-state index contributed by atoms with van der Waals surface area (Å²) in [5, 5.41) is 176. The Morgan fingerprint density at radius 1 is 0.472 bits per heavy atom. The van der Waals surface area contributed by atoms with Gasteiger partial charge in [0.2, 0.25) is 23.6 Å². The number of methoxy groups -OCH3 is 2. The van der Waals surface area contributed by atoms with Gasteiger partial charge >= 0.3 is 80.2 Å². The number of anilines is 4. The lowest BCUT2D eigenvalue weighted by molar-refractivity contribution is -0.340. The summed E-state index contributed by atoms with van der Waals surface area (Å²) in [5.41, 5.74) is 0.519. The van der Waals surface area contributed by atoms with E-state index in [-0.39, 0.29) is 110 Å². The molecule has 2 aromatic carbocycles. The van der Waals surface area contributed by atoms with Gasteiger partial charge in [-0.3, -0.25) is 46.5 Å². The van der Waals surface area contributed by atoms with Crippen molar-refractivity contribution in [1.29, 1.82) is 0 Å². The number of fused-ring (bicyclic) bond motifs is 1. The first kappa shape index (κ1) is 120. The van der Waals surface area contributed by atoms with E-state index in [0.717, 1.165) is 26.4 Å². The molecule has 6 amide bonds. The molecule has 0 aliphatic carbocycles. The van der Waals surface area contributed by atoms with Crippen LogP contribution in [0.3, 0.4) is 0 Å². The predicted octanol–water partition coefficient (Wildman–Crippen LogP) is -12.7. The number of carbonyl (C=O) groups is 7. The molecule has 6 saturated heterocycles. The number of amides is 6. The van der Waals surface area contributed by atoms with Crippen molar-refractivity contribution in [1.82, 2.24) is 35.6 Å². The predicted molar refractivity (Wildman–Crippen MR) is 467 cm³/mol. The lowest BCUT2D eigenvalue weighted by Gasteiger charge is -2.47. The zero-order chi connectivity index (χ0) is 106. The molecule has 2 aromatic rings. The topological polar surface area (TPSA) is 982 Å². The van der Waals surface area contributed by atoms with Crippen LogP contribution < -0.4 is 52.0 Å². The Morgan fingerprint density at radius 3 is 1.27 bits per heavy atom. The quantitative estimate of drug-likeness (QED) is 0.0166. The molecule has 30 N–H and O–H groups in total. The summed E-state index contributed by atoms with van der Waals surface area (Å²) in [7, 11) is -31.3. The highest BCUT2D eigenvalue weighted by Gasteiger charge is 2.59. The van der Waals surface area contributed by atoms with Crippen LogP contribution in [0.25, 0.3) is 0 Å². The minimum atomic E-state index is -5.78. The first-order chi connectivity index (χ1) is 66.2. The molecule has 0 spiro atoms. The van der Waals surface area contributed by atoms with Crippen molar-refractivity contribution in [3.63, 3.8) is 0 Å². The minimum absolute atomic E-state index is 0.000557. The third-order valence-electron chi connectivity index (χ3n) is 22.1. The number of aliphatic carboxylic acids is 2. The van der Waals surface area contributed by atoms with E-state index in [0.29, 0.717) is 12.8 Å². The minimum Gasteiger partial charge on any atom is -0.479 e. The molecular formula is C71H113N11O53S7. The van der Waals surface area contributed by atoms with Crippen LogP contribution in [0, 0.1) is 0 Å². The summed E-state index contributed by atoms with van der Waals surface area (Å²) in [6.07, 6.45) is -60.6. The number of thioether (sulfide) groups is 1. The number of carboxylic acids is 2. The van der Waals surface area contributed by atoms with Gasteiger partial charge in [-0.05, 0) is 49.2 Å². The maximum atomic E-state index is 13.7. The molecule has 6 aliphatic heterocycles. The van der Waals surface area contributed by atoms with Gasteiger partial charge in [-0.1, -0.05) is 18.6 Å². The average Bonchev–Trinajstić information content (AvgIpc) is 1.10. The number of nitrogens with one attached hydrogen (secondary N) is 10. The van der Waals surface area contributed by atoms with Gasteiger partial charge in [0.25, 0.3) is 0 Å². The Morgan fingerprint density at radius 2 is 0.873 bits per heavy atom. The van der Waals surface area contributed by atoms with Crippen molar-refractivity contribution in [2.24, 2.45) is 0 Å². The van der Waals surface area contributed by atoms with Gasteiger partial charge in [0.15, 0.2) is 49.6 Å². The average molecular weight is 2190 g/mol. The Bertz CT molecular complexity index is 4960. The van der Waals surface area contributed by atoms with Crippen LogP contribution >= 0.6 is 11.8 Å². The zero-order valence-corrected chi connectivity index (χ0v) is 79.9. The normalized spacial score (nSPS) is 29.6. The fourth-order valence-electron chi connectivity index (χ4n) is 15.3. The number of aliphatic hydroxyl groups excluding tert-OH is 12. The molecule has 13 unspecified atom stereocenters. The second-order valence-corrected chi connectivity index (χ2v) is 40.3. The molecular weight excluding hydrogens is 2080 g/mol. The number of urea groups is 1. The highest BCUT2D eigenvalue weighted by atomic mass is 32.3. The van der Waals surface area contributed by atoms with Crippen LogP contribution in [0.4, 0.5) is 27.5 Å². The highest BCUT2D eigenvalue weighted by Crippen LogP contribution is 2.38. The third kappa shape index (κ3) is 37.9. The molecule has 812 valence electrons. The number of carbonyl (C=O) groups excluding carboxylic acids is 5. The number of unbranched alkanes of at least 4 members (excludes halogenated alkanes) is 1. The first-order valence-electron chi connectivity index (χ1n) is 42.3. The van der Waals surface area contributed by atoms with Crippen LogP contribution in [0.15, 0.2) is 48.5 Å². The second kappa shape index (κ2) is 53.6. The van der Waals surface area contributed by atoms with E-state index in [4.69, 9.17) is 56.5 Å². The number of aliphatic hydroxyl groups is 12. The van der Waals surface area contributed by atoms with Crippen molar-refractivity contribution in [3.8, 4) is 0 Å². The summed E-state index contributed by atoms with van der Waals surface area (Å²) in [5.74, 6) is -5.53. The number of carboxylic acid groups (broad SMARTS) is 2. The van der Waals surface area contributed by atoms with E-state index in [9.17, 15) is 174 Å². The van der Waals surface area contributed by atoms with Crippen LogP contribution in [0.1, 0.15) is 44.9 Å². The van der Waals surface area contributed by atoms with E-state index >= 15 is 0 Å². The summed E-state index contributed by atoms with van der Waals surface area (Å²) in [6, 6.07) is 6.42. The summed E-state index contributed by atoms with van der Waals surface area (Å²) in [6.45, 7) is -6.76. The third-order valence-corrected chi connectivity index (χ3v) is 26.5. The Labute approximate surface area is 812 Å². The second-order valence-electron chi connectivity index (χ2n) is 32.4. The van der Waals surface area contributed by atoms with Crippen LogP contribution in [-0.4, -0.2) is 477 Å². The molecule has 31 atom stereocenters.